The van der Waals surface area contributed by atoms with Gasteiger partial charge in [-0.2, -0.15) is 5.10 Å². The number of amides is 1. The van der Waals surface area contributed by atoms with Gasteiger partial charge in [0.2, 0.25) is 11.8 Å². The minimum Gasteiger partial charge on any atom is -0.343 e. The molecule has 0 aromatic carbocycles. The summed E-state index contributed by atoms with van der Waals surface area (Å²) in [7, 11) is 0. The van der Waals surface area contributed by atoms with Crippen molar-refractivity contribution in [2.75, 3.05) is 13.1 Å². The number of hydrogen-bond acceptors (Lipinski definition) is 4. The van der Waals surface area contributed by atoms with E-state index in [1.807, 2.05) is 18.7 Å². The fourth-order valence-corrected chi connectivity index (χ4v) is 4.81. The molecule has 0 radical (unpaired) electrons. The average Bonchev–Trinajstić information content (AvgIpc) is 3.06. The van der Waals surface area contributed by atoms with Gasteiger partial charge in [-0.05, 0) is 39.5 Å². The highest BCUT2D eigenvalue weighted by Gasteiger charge is 2.43. The van der Waals surface area contributed by atoms with Gasteiger partial charge in [0, 0.05) is 43.5 Å². The Hall–Kier alpha value is -2.12. The van der Waals surface area contributed by atoms with Gasteiger partial charge in [-0.25, -0.2) is 18.5 Å². The minimum absolute atomic E-state index is 0.0146. The summed E-state index contributed by atoms with van der Waals surface area (Å²) in [6.07, 6.45) is 3.72. The van der Waals surface area contributed by atoms with Gasteiger partial charge < -0.3 is 4.90 Å². The molecule has 1 aliphatic heterocycles. The van der Waals surface area contributed by atoms with Crippen LogP contribution in [0.3, 0.4) is 0 Å². The van der Waals surface area contributed by atoms with Crippen LogP contribution in [-0.4, -0.2) is 51.1 Å². The van der Waals surface area contributed by atoms with Crippen LogP contribution < -0.4 is 0 Å². The van der Waals surface area contributed by atoms with E-state index in [0.29, 0.717) is 37.3 Å². The minimum atomic E-state index is -2.61. The lowest BCUT2D eigenvalue weighted by molar-refractivity contribution is -0.139. The summed E-state index contributed by atoms with van der Waals surface area (Å²) >= 11 is 0. The Balaban J connectivity index is 1.57. The van der Waals surface area contributed by atoms with Crippen LogP contribution in [0.15, 0.2) is 11.2 Å². The molecule has 158 valence electrons. The van der Waals surface area contributed by atoms with Crippen LogP contribution >= 0.6 is 0 Å². The second kappa shape index (κ2) is 7.61. The summed E-state index contributed by atoms with van der Waals surface area (Å²) in [5.74, 6) is -2.16. The van der Waals surface area contributed by atoms with Gasteiger partial charge >= 0.3 is 0 Å². The predicted octanol–water partition coefficient (Wildman–Crippen LogP) is 4.19. The summed E-state index contributed by atoms with van der Waals surface area (Å²) in [6, 6.07) is -0.163. The fourth-order valence-electron chi connectivity index (χ4n) is 4.81. The van der Waals surface area contributed by atoms with Gasteiger partial charge in [-0.15, -0.1) is 0 Å². The molecule has 2 heterocycles. The maximum absolute atomic E-state index is 13.5. The van der Waals surface area contributed by atoms with Crippen LogP contribution in [0.4, 0.5) is 14.6 Å². The average molecular weight is 406 g/mol. The number of halogens is 2. The van der Waals surface area contributed by atoms with E-state index in [9.17, 15) is 18.4 Å². The number of rotatable bonds is 5. The van der Waals surface area contributed by atoms with E-state index in [2.05, 4.69) is 5.10 Å². The quantitative estimate of drug-likeness (QED) is 0.736. The number of ketones is 1. The summed E-state index contributed by atoms with van der Waals surface area (Å²) in [5.41, 5.74) is 1.22. The largest absolute Gasteiger partial charge is 0.343 e. The molecule has 3 aliphatic rings. The van der Waals surface area contributed by atoms with Crippen LogP contribution in [0.2, 0.25) is 0 Å². The SMILES string of the molecule is CCN(CC)C(=O)[C@H]1CC[C@@H]1C1=Nc2c(cnn2C2CCC(F)(F)CC2)C(=O)C1. The van der Waals surface area contributed by atoms with E-state index in [1.165, 1.54) is 6.20 Å². The van der Waals surface area contributed by atoms with E-state index in [4.69, 9.17) is 4.99 Å². The topological polar surface area (TPSA) is 67.6 Å². The predicted molar refractivity (Wildman–Crippen MR) is 105 cm³/mol. The molecule has 0 bridgehead atoms. The number of alkyl halides is 2. The third-order valence-electron chi connectivity index (χ3n) is 6.79. The van der Waals surface area contributed by atoms with Crippen LogP contribution in [0.5, 0.6) is 0 Å². The highest BCUT2D eigenvalue weighted by molar-refractivity contribution is 6.16. The van der Waals surface area contributed by atoms with Gasteiger partial charge in [0.15, 0.2) is 11.6 Å². The van der Waals surface area contributed by atoms with Crippen molar-refractivity contribution >= 4 is 23.2 Å². The standard InChI is InChI=1S/C21H28F2N4O2/c1-3-26(4-2)20(29)15-6-5-14(15)17-11-18(28)16-12-24-27(19(16)25-17)13-7-9-21(22,23)10-8-13/h12-15H,3-11H2,1-2H3/t14-,15-/m0/s1. The van der Waals surface area contributed by atoms with Gasteiger partial charge in [0.1, 0.15) is 0 Å². The summed E-state index contributed by atoms with van der Waals surface area (Å²) < 4.78 is 28.7. The van der Waals surface area contributed by atoms with E-state index in [0.717, 1.165) is 18.6 Å². The van der Waals surface area contributed by atoms with Gasteiger partial charge in [-0.1, -0.05) is 0 Å². The molecule has 2 atom stereocenters. The van der Waals surface area contributed by atoms with Crippen molar-refractivity contribution in [2.24, 2.45) is 16.8 Å². The van der Waals surface area contributed by atoms with E-state index >= 15 is 0 Å². The number of hydrogen-bond donors (Lipinski definition) is 0. The van der Waals surface area contributed by atoms with E-state index in [-0.39, 0.29) is 48.8 Å². The number of fused-ring (bicyclic) bond motifs is 1. The van der Waals surface area contributed by atoms with Crippen LogP contribution in [0, 0.1) is 11.8 Å². The lowest BCUT2D eigenvalue weighted by Gasteiger charge is -2.39. The smallest absolute Gasteiger partial charge is 0.248 e. The zero-order valence-corrected chi connectivity index (χ0v) is 17.0. The highest BCUT2D eigenvalue weighted by Crippen LogP contribution is 2.43. The highest BCUT2D eigenvalue weighted by atomic mass is 19.3. The lowest BCUT2D eigenvalue weighted by Crippen LogP contribution is -2.46. The Morgan fingerprint density at radius 1 is 1.21 bits per heavy atom. The molecule has 8 heteroatoms. The molecule has 4 rings (SSSR count). The van der Waals surface area contributed by atoms with Crippen molar-refractivity contribution in [2.45, 2.75) is 70.8 Å². The molecule has 0 saturated heterocycles. The normalized spacial score (nSPS) is 26.5. The first-order valence-corrected chi connectivity index (χ1v) is 10.7. The Kier molecular flexibility index (Phi) is 5.29. The molecule has 0 unspecified atom stereocenters. The molecule has 2 saturated carbocycles. The van der Waals surface area contributed by atoms with Crippen molar-refractivity contribution in [3.8, 4) is 0 Å². The number of carbonyl (C=O) groups excluding carboxylic acids is 2. The Labute approximate surface area is 169 Å². The Bertz CT molecular complexity index is 834. The monoisotopic (exact) mass is 406 g/mol. The van der Waals surface area contributed by atoms with Crippen LogP contribution in [0.1, 0.15) is 75.2 Å². The zero-order chi connectivity index (χ0) is 20.8. The number of aromatic nitrogens is 2. The molecule has 2 aliphatic carbocycles. The third kappa shape index (κ3) is 3.62. The van der Waals surface area contributed by atoms with Crippen LogP contribution in [0.25, 0.3) is 0 Å². The van der Waals surface area contributed by atoms with Crippen molar-refractivity contribution < 1.29 is 18.4 Å². The first-order valence-electron chi connectivity index (χ1n) is 10.7. The first-order chi connectivity index (χ1) is 13.8. The summed E-state index contributed by atoms with van der Waals surface area (Å²) in [6.45, 7) is 5.28. The summed E-state index contributed by atoms with van der Waals surface area (Å²) in [4.78, 5) is 32.1. The van der Waals surface area contributed by atoms with E-state index in [1.54, 1.807) is 4.68 Å². The van der Waals surface area contributed by atoms with Crippen LogP contribution in [-0.2, 0) is 4.79 Å². The van der Waals surface area contributed by atoms with Crippen molar-refractivity contribution in [3.05, 3.63) is 11.8 Å². The van der Waals surface area contributed by atoms with Crippen molar-refractivity contribution in [1.82, 2.24) is 14.7 Å². The molecule has 6 nitrogen and oxygen atoms in total. The fraction of sp³-hybridized carbons (Fsp3) is 0.714. The molecule has 1 aromatic heterocycles. The maximum atomic E-state index is 13.5. The number of carbonyl (C=O) groups is 2. The number of aliphatic imine (C=N–C) groups is 1. The summed E-state index contributed by atoms with van der Waals surface area (Å²) in [5, 5.41) is 4.33. The molecule has 0 N–H and O–H groups in total. The van der Waals surface area contributed by atoms with Crippen molar-refractivity contribution in [1.29, 1.82) is 0 Å². The zero-order valence-electron chi connectivity index (χ0n) is 17.0. The van der Waals surface area contributed by atoms with E-state index < -0.39 is 5.92 Å². The lowest BCUT2D eigenvalue weighted by atomic mass is 9.68. The Morgan fingerprint density at radius 3 is 2.48 bits per heavy atom. The number of Topliss-reactive ketones (excluding diaryl/α,β-unsaturated/α-hetero) is 1. The second-order valence-electron chi connectivity index (χ2n) is 8.42. The third-order valence-corrected chi connectivity index (χ3v) is 6.79. The molecular formula is C21H28F2N4O2. The molecule has 1 amide bonds. The van der Waals surface area contributed by atoms with Gasteiger partial charge in [-0.3, -0.25) is 9.59 Å². The first kappa shape index (κ1) is 20.2. The maximum Gasteiger partial charge on any atom is 0.248 e. The van der Waals surface area contributed by atoms with Gasteiger partial charge in [0.05, 0.1) is 24.2 Å². The second-order valence-corrected chi connectivity index (χ2v) is 8.42. The van der Waals surface area contributed by atoms with Gasteiger partial charge in [0.25, 0.3) is 0 Å². The molecule has 29 heavy (non-hydrogen) atoms. The molecule has 0 spiro atoms. The molecular weight excluding hydrogens is 378 g/mol. The molecule has 2 fully saturated rings. The Morgan fingerprint density at radius 2 is 1.90 bits per heavy atom. The number of nitrogens with zero attached hydrogens (tertiary/aromatic N) is 4. The van der Waals surface area contributed by atoms with Crippen molar-refractivity contribution in [3.63, 3.8) is 0 Å². The molecule has 1 aromatic rings.